The highest BCUT2D eigenvalue weighted by Gasteiger charge is 2.33. The molecule has 0 radical (unpaired) electrons. The molecule has 2 saturated heterocycles. The Kier molecular flexibility index (Phi) is 3.42. The van der Waals surface area contributed by atoms with Crippen LogP contribution < -0.4 is 5.32 Å². The van der Waals surface area contributed by atoms with Gasteiger partial charge in [-0.3, -0.25) is 4.90 Å². The molecule has 0 unspecified atom stereocenters. The number of piperidine rings is 1. The van der Waals surface area contributed by atoms with E-state index in [0.29, 0.717) is 18.4 Å². The summed E-state index contributed by atoms with van der Waals surface area (Å²) in [6, 6.07) is 0.773. The highest BCUT2D eigenvalue weighted by atomic mass is 16.3. The third-order valence-electron chi connectivity index (χ3n) is 3.86. The lowest BCUT2D eigenvalue weighted by Gasteiger charge is -2.31. The molecule has 0 aromatic carbocycles. The van der Waals surface area contributed by atoms with Gasteiger partial charge in [-0.2, -0.15) is 0 Å². The summed E-state index contributed by atoms with van der Waals surface area (Å²) in [5, 5.41) is 12.6. The third kappa shape index (κ3) is 2.10. The first-order chi connectivity index (χ1) is 6.81. The van der Waals surface area contributed by atoms with E-state index in [-0.39, 0.29) is 0 Å². The molecule has 2 N–H and O–H groups in total. The van der Waals surface area contributed by atoms with Crippen LogP contribution in [0.1, 0.15) is 19.8 Å². The van der Waals surface area contributed by atoms with E-state index in [1.54, 1.807) is 0 Å². The Morgan fingerprint density at radius 3 is 2.57 bits per heavy atom. The molecule has 2 aliphatic heterocycles. The highest BCUT2D eigenvalue weighted by molar-refractivity contribution is 4.87. The predicted octanol–water partition coefficient (Wildman–Crippen LogP) is 0.299. The summed E-state index contributed by atoms with van der Waals surface area (Å²) in [7, 11) is 0. The van der Waals surface area contributed by atoms with Gasteiger partial charge in [0.1, 0.15) is 0 Å². The van der Waals surface area contributed by atoms with Crippen molar-refractivity contribution >= 4 is 0 Å². The zero-order chi connectivity index (χ0) is 9.97. The molecule has 2 aliphatic rings. The molecule has 2 rings (SSSR count). The van der Waals surface area contributed by atoms with E-state index in [4.69, 9.17) is 0 Å². The zero-order valence-corrected chi connectivity index (χ0v) is 9.08. The van der Waals surface area contributed by atoms with Gasteiger partial charge in [-0.25, -0.2) is 0 Å². The van der Waals surface area contributed by atoms with Gasteiger partial charge in [-0.05, 0) is 37.8 Å². The molecule has 14 heavy (non-hydrogen) atoms. The molecule has 0 bridgehead atoms. The Bertz CT molecular complexity index is 180. The maximum atomic E-state index is 9.21. The fourth-order valence-electron chi connectivity index (χ4n) is 2.78. The summed E-state index contributed by atoms with van der Waals surface area (Å²) in [5.41, 5.74) is 0. The summed E-state index contributed by atoms with van der Waals surface area (Å²) in [4.78, 5) is 2.59. The number of aliphatic hydroxyl groups excluding tert-OH is 1. The first kappa shape index (κ1) is 10.4. The second-order valence-corrected chi connectivity index (χ2v) is 4.86. The normalized spacial score (nSPS) is 36.4. The van der Waals surface area contributed by atoms with Gasteiger partial charge in [0.2, 0.25) is 0 Å². The fourth-order valence-corrected chi connectivity index (χ4v) is 2.78. The third-order valence-corrected chi connectivity index (χ3v) is 3.86. The van der Waals surface area contributed by atoms with Crippen LogP contribution in [-0.2, 0) is 0 Å². The lowest BCUT2D eigenvalue weighted by atomic mass is 10.00. The minimum Gasteiger partial charge on any atom is -0.396 e. The van der Waals surface area contributed by atoms with Gasteiger partial charge < -0.3 is 10.4 Å². The molecule has 0 spiro atoms. The summed E-state index contributed by atoms with van der Waals surface area (Å²) in [6.45, 7) is 7.27. The first-order valence-electron chi connectivity index (χ1n) is 5.87. The molecule has 2 fully saturated rings. The first-order valence-corrected chi connectivity index (χ1v) is 5.87. The standard InChI is InChI=1S/C11H22N2O/c1-9-6-13(7-10(9)8-14)11-2-4-12-5-3-11/h9-12,14H,2-8H2,1H3/t9-,10+/m1/s1. The second kappa shape index (κ2) is 4.60. The average Bonchev–Trinajstić information content (AvgIpc) is 2.61. The quantitative estimate of drug-likeness (QED) is 0.670. The van der Waals surface area contributed by atoms with E-state index in [2.05, 4.69) is 17.1 Å². The summed E-state index contributed by atoms with van der Waals surface area (Å²) in [5.74, 6) is 1.19. The predicted molar refractivity (Wildman–Crippen MR) is 57.2 cm³/mol. The smallest absolute Gasteiger partial charge is 0.0474 e. The summed E-state index contributed by atoms with van der Waals surface area (Å²) < 4.78 is 0. The maximum Gasteiger partial charge on any atom is 0.0474 e. The van der Waals surface area contributed by atoms with Gasteiger partial charge in [0.05, 0.1) is 0 Å². The van der Waals surface area contributed by atoms with Crippen LogP contribution >= 0.6 is 0 Å². The van der Waals surface area contributed by atoms with Crippen LogP contribution in [0.25, 0.3) is 0 Å². The van der Waals surface area contributed by atoms with Crippen LogP contribution in [0, 0.1) is 11.8 Å². The SMILES string of the molecule is C[C@@H]1CN(C2CCNCC2)C[C@H]1CO. The Morgan fingerprint density at radius 2 is 2.00 bits per heavy atom. The van der Waals surface area contributed by atoms with Crippen LogP contribution in [0.2, 0.25) is 0 Å². The van der Waals surface area contributed by atoms with E-state index in [0.717, 1.165) is 12.6 Å². The molecule has 3 heteroatoms. The van der Waals surface area contributed by atoms with Crippen molar-refractivity contribution in [1.29, 1.82) is 0 Å². The number of likely N-dealkylation sites (tertiary alicyclic amines) is 1. The van der Waals surface area contributed by atoms with Gasteiger partial charge in [-0.15, -0.1) is 0 Å². The van der Waals surface area contributed by atoms with Crippen molar-refractivity contribution in [3.8, 4) is 0 Å². The minimum atomic E-state index is 0.364. The van der Waals surface area contributed by atoms with Gasteiger partial charge in [-0.1, -0.05) is 6.92 Å². The fraction of sp³-hybridized carbons (Fsp3) is 1.00. The van der Waals surface area contributed by atoms with Crippen LogP contribution in [0.4, 0.5) is 0 Å². The molecular formula is C11H22N2O. The maximum absolute atomic E-state index is 9.21. The molecule has 0 amide bonds. The highest BCUT2D eigenvalue weighted by Crippen LogP contribution is 2.26. The van der Waals surface area contributed by atoms with Crippen molar-refractivity contribution in [2.75, 3.05) is 32.8 Å². The van der Waals surface area contributed by atoms with Crippen molar-refractivity contribution < 1.29 is 5.11 Å². The Morgan fingerprint density at radius 1 is 1.29 bits per heavy atom. The lowest BCUT2D eigenvalue weighted by molar-refractivity contribution is 0.173. The lowest BCUT2D eigenvalue weighted by Crippen LogP contribution is -2.42. The summed E-state index contributed by atoms with van der Waals surface area (Å²) >= 11 is 0. The topological polar surface area (TPSA) is 35.5 Å². The van der Waals surface area contributed by atoms with Crippen molar-refractivity contribution in [3.05, 3.63) is 0 Å². The number of hydrogen-bond acceptors (Lipinski definition) is 3. The van der Waals surface area contributed by atoms with Crippen molar-refractivity contribution in [1.82, 2.24) is 10.2 Å². The Balaban J connectivity index is 1.86. The second-order valence-electron chi connectivity index (χ2n) is 4.86. The van der Waals surface area contributed by atoms with E-state index in [1.165, 1.54) is 32.5 Å². The zero-order valence-electron chi connectivity index (χ0n) is 9.08. The number of nitrogens with zero attached hydrogens (tertiary/aromatic N) is 1. The number of aliphatic hydroxyl groups is 1. The van der Waals surface area contributed by atoms with Crippen LogP contribution in [0.3, 0.4) is 0 Å². The molecule has 0 aliphatic carbocycles. The van der Waals surface area contributed by atoms with E-state index in [9.17, 15) is 5.11 Å². The largest absolute Gasteiger partial charge is 0.396 e. The number of hydrogen-bond donors (Lipinski definition) is 2. The van der Waals surface area contributed by atoms with E-state index >= 15 is 0 Å². The minimum absolute atomic E-state index is 0.364. The van der Waals surface area contributed by atoms with Crippen molar-refractivity contribution in [2.45, 2.75) is 25.8 Å². The van der Waals surface area contributed by atoms with E-state index in [1.807, 2.05) is 0 Å². The van der Waals surface area contributed by atoms with Crippen molar-refractivity contribution in [3.63, 3.8) is 0 Å². The molecule has 3 nitrogen and oxygen atoms in total. The molecule has 2 heterocycles. The van der Waals surface area contributed by atoms with Crippen molar-refractivity contribution in [2.24, 2.45) is 11.8 Å². The van der Waals surface area contributed by atoms with Gasteiger partial charge >= 0.3 is 0 Å². The monoisotopic (exact) mass is 198 g/mol. The van der Waals surface area contributed by atoms with Gasteiger partial charge in [0.25, 0.3) is 0 Å². The molecule has 0 aromatic heterocycles. The van der Waals surface area contributed by atoms with Crippen LogP contribution in [0.5, 0.6) is 0 Å². The van der Waals surface area contributed by atoms with Crippen LogP contribution in [0.15, 0.2) is 0 Å². The number of nitrogens with one attached hydrogen (secondary N) is 1. The van der Waals surface area contributed by atoms with Gasteiger partial charge in [0.15, 0.2) is 0 Å². The van der Waals surface area contributed by atoms with Crippen LogP contribution in [-0.4, -0.2) is 48.8 Å². The molecule has 2 atom stereocenters. The van der Waals surface area contributed by atoms with E-state index < -0.39 is 0 Å². The Hall–Kier alpha value is -0.120. The summed E-state index contributed by atoms with van der Waals surface area (Å²) in [6.07, 6.45) is 2.57. The molecule has 0 saturated carbocycles. The average molecular weight is 198 g/mol. The molecule has 82 valence electrons. The molecule has 0 aromatic rings. The number of rotatable bonds is 2. The molecular weight excluding hydrogens is 176 g/mol. The Labute approximate surface area is 86.5 Å². The van der Waals surface area contributed by atoms with Gasteiger partial charge in [0, 0.05) is 25.7 Å².